The van der Waals surface area contributed by atoms with Crippen LogP contribution in [0.3, 0.4) is 0 Å². The van der Waals surface area contributed by atoms with Crippen molar-refractivity contribution in [2.45, 2.75) is 52.4 Å². The van der Waals surface area contributed by atoms with Crippen molar-refractivity contribution < 1.29 is 9.47 Å². The van der Waals surface area contributed by atoms with Crippen LogP contribution in [0.1, 0.15) is 52.4 Å². The molecular weight excluding hydrogens is 404 g/mol. The highest BCUT2D eigenvalue weighted by Gasteiger charge is 2.36. The number of halogens is 2. The number of hydrogen-bond donors (Lipinski definition) is 0. The molecule has 20 heavy (non-hydrogen) atoms. The van der Waals surface area contributed by atoms with Crippen LogP contribution in [0.4, 0.5) is 0 Å². The zero-order valence-electron chi connectivity index (χ0n) is 12.1. The van der Waals surface area contributed by atoms with Crippen LogP contribution >= 0.6 is 43.2 Å². The Morgan fingerprint density at radius 2 is 1.40 bits per heavy atom. The Hall–Kier alpha value is 0.260. The molecule has 1 aromatic rings. The molecule has 1 aliphatic rings. The number of hydrogen-bond acceptors (Lipinski definition) is 3. The smallest absolute Gasteiger partial charge is 0.187 e. The lowest BCUT2D eigenvalue weighted by molar-refractivity contribution is 0.0790. The van der Waals surface area contributed by atoms with Crippen LogP contribution in [0.2, 0.25) is 0 Å². The van der Waals surface area contributed by atoms with Gasteiger partial charge in [0, 0.05) is 5.41 Å². The lowest BCUT2D eigenvalue weighted by Gasteiger charge is -2.31. The van der Waals surface area contributed by atoms with Crippen LogP contribution in [-0.2, 0) is 0 Å². The number of ether oxygens (including phenoxy) is 2. The van der Waals surface area contributed by atoms with Crippen LogP contribution in [0.15, 0.2) is 7.57 Å². The van der Waals surface area contributed by atoms with Gasteiger partial charge in [0.05, 0.1) is 13.2 Å². The molecule has 0 aromatic carbocycles. The van der Waals surface area contributed by atoms with Crippen molar-refractivity contribution in [2.24, 2.45) is 5.41 Å². The molecule has 1 aromatic heterocycles. The van der Waals surface area contributed by atoms with Gasteiger partial charge in [0.2, 0.25) is 0 Å². The molecular formula is C15H22Br2O2S. The quantitative estimate of drug-likeness (QED) is 0.524. The standard InChI is InChI=1S/C15H22Br2O2S/c1-3-5-7-15(8-6-4-2)9-18-11-12(19-10-15)14(17)20-13(11)16/h3-10H2,1-2H3. The first kappa shape index (κ1) is 16.6. The number of unbranched alkanes of at least 4 members (excludes halogenated alkanes) is 2. The molecule has 0 unspecified atom stereocenters. The SMILES string of the molecule is CCCCC1(CCCC)COc2c(Br)sc(Br)c2OC1. The van der Waals surface area contributed by atoms with Gasteiger partial charge in [-0.15, -0.1) is 11.3 Å². The van der Waals surface area contributed by atoms with Crippen LogP contribution in [-0.4, -0.2) is 13.2 Å². The maximum atomic E-state index is 6.12. The Kier molecular flexibility index (Phi) is 6.24. The summed E-state index contributed by atoms with van der Waals surface area (Å²) in [7, 11) is 0. The molecule has 0 N–H and O–H groups in total. The van der Waals surface area contributed by atoms with E-state index in [2.05, 4.69) is 45.7 Å². The van der Waals surface area contributed by atoms with Crippen molar-refractivity contribution in [3.05, 3.63) is 7.57 Å². The average Bonchev–Trinajstić information content (AvgIpc) is 2.62. The van der Waals surface area contributed by atoms with E-state index in [4.69, 9.17) is 9.47 Å². The van der Waals surface area contributed by atoms with Gasteiger partial charge in [-0.05, 0) is 44.7 Å². The van der Waals surface area contributed by atoms with Crippen molar-refractivity contribution in [2.75, 3.05) is 13.2 Å². The fraction of sp³-hybridized carbons (Fsp3) is 0.733. The van der Waals surface area contributed by atoms with Crippen molar-refractivity contribution in [1.29, 1.82) is 0 Å². The van der Waals surface area contributed by atoms with E-state index >= 15 is 0 Å². The van der Waals surface area contributed by atoms with Gasteiger partial charge < -0.3 is 9.47 Å². The highest BCUT2D eigenvalue weighted by atomic mass is 79.9. The van der Waals surface area contributed by atoms with Gasteiger partial charge in [-0.25, -0.2) is 0 Å². The van der Waals surface area contributed by atoms with Crippen LogP contribution in [0.5, 0.6) is 11.5 Å². The van der Waals surface area contributed by atoms with Crippen LogP contribution in [0, 0.1) is 5.41 Å². The van der Waals surface area contributed by atoms with Gasteiger partial charge in [-0.1, -0.05) is 39.5 Å². The highest BCUT2D eigenvalue weighted by Crippen LogP contribution is 2.51. The fourth-order valence-corrected chi connectivity index (χ4v) is 5.46. The molecule has 0 saturated heterocycles. The molecule has 0 spiro atoms. The van der Waals surface area contributed by atoms with Crippen molar-refractivity contribution >= 4 is 43.2 Å². The van der Waals surface area contributed by atoms with Crippen molar-refractivity contribution in [3.63, 3.8) is 0 Å². The topological polar surface area (TPSA) is 18.5 Å². The van der Waals surface area contributed by atoms with E-state index in [-0.39, 0.29) is 5.41 Å². The highest BCUT2D eigenvalue weighted by molar-refractivity contribution is 9.12. The first-order chi connectivity index (χ1) is 9.62. The summed E-state index contributed by atoms with van der Waals surface area (Å²) in [5, 5.41) is 0. The van der Waals surface area contributed by atoms with Gasteiger partial charge in [-0.2, -0.15) is 0 Å². The van der Waals surface area contributed by atoms with E-state index in [0.29, 0.717) is 0 Å². The summed E-state index contributed by atoms with van der Waals surface area (Å²) in [5.74, 6) is 1.74. The largest absolute Gasteiger partial charge is 0.487 e. The van der Waals surface area contributed by atoms with Gasteiger partial charge in [0.25, 0.3) is 0 Å². The second-order valence-electron chi connectivity index (χ2n) is 5.59. The lowest BCUT2D eigenvalue weighted by atomic mass is 9.79. The summed E-state index contributed by atoms with van der Waals surface area (Å²) in [6, 6.07) is 0. The molecule has 2 heterocycles. The average molecular weight is 426 g/mol. The molecule has 0 bridgehead atoms. The van der Waals surface area contributed by atoms with Gasteiger partial charge in [-0.3, -0.25) is 0 Å². The number of thiophene rings is 1. The minimum absolute atomic E-state index is 0.168. The normalized spacial score (nSPS) is 17.0. The fourth-order valence-electron chi connectivity index (χ4n) is 2.60. The Bertz CT molecular complexity index is 407. The lowest BCUT2D eigenvalue weighted by Crippen LogP contribution is -2.33. The third kappa shape index (κ3) is 3.72. The van der Waals surface area contributed by atoms with Crippen molar-refractivity contribution in [1.82, 2.24) is 0 Å². The molecule has 0 saturated carbocycles. The van der Waals surface area contributed by atoms with E-state index in [1.165, 1.54) is 38.5 Å². The molecule has 114 valence electrons. The summed E-state index contributed by atoms with van der Waals surface area (Å²) in [6.45, 7) is 6.02. The molecule has 1 aliphatic heterocycles. The Balaban J connectivity index is 2.15. The maximum absolute atomic E-state index is 6.12. The first-order valence-corrected chi connectivity index (χ1v) is 9.75. The zero-order valence-corrected chi connectivity index (χ0v) is 16.1. The third-order valence-electron chi connectivity index (χ3n) is 3.91. The molecule has 2 rings (SSSR count). The van der Waals surface area contributed by atoms with Gasteiger partial charge >= 0.3 is 0 Å². The van der Waals surface area contributed by atoms with Crippen LogP contribution in [0.25, 0.3) is 0 Å². The molecule has 5 heteroatoms. The van der Waals surface area contributed by atoms with E-state index in [9.17, 15) is 0 Å². The van der Waals surface area contributed by atoms with Crippen LogP contribution < -0.4 is 9.47 Å². The third-order valence-corrected chi connectivity index (χ3v) is 6.33. The second kappa shape index (κ2) is 7.50. The second-order valence-corrected chi connectivity index (χ2v) is 9.25. The van der Waals surface area contributed by atoms with Gasteiger partial charge in [0.1, 0.15) is 7.57 Å². The summed E-state index contributed by atoms with van der Waals surface area (Å²) in [6.07, 6.45) is 7.31. The summed E-state index contributed by atoms with van der Waals surface area (Å²) >= 11 is 8.74. The predicted octanol–water partition coefficient (Wildman–Crippen LogP) is 6.41. The Labute approximate surface area is 142 Å². The van der Waals surface area contributed by atoms with E-state index in [0.717, 1.165) is 32.3 Å². The molecule has 0 atom stereocenters. The predicted molar refractivity (Wildman–Crippen MR) is 92.2 cm³/mol. The van der Waals surface area contributed by atoms with Gasteiger partial charge in [0.15, 0.2) is 11.5 Å². The zero-order chi connectivity index (χ0) is 14.6. The van der Waals surface area contributed by atoms with E-state index in [1.54, 1.807) is 11.3 Å². The molecule has 0 radical (unpaired) electrons. The maximum Gasteiger partial charge on any atom is 0.187 e. The number of fused-ring (bicyclic) bond motifs is 1. The van der Waals surface area contributed by atoms with Crippen molar-refractivity contribution in [3.8, 4) is 11.5 Å². The Morgan fingerprint density at radius 1 is 0.950 bits per heavy atom. The minimum atomic E-state index is 0.168. The monoisotopic (exact) mass is 424 g/mol. The summed E-state index contributed by atoms with van der Waals surface area (Å²) in [4.78, 5) is 0. The summed E-state index contributed by atoms with van der Waals surface area (Å²) < 4.78 is 14.3. The minimum Gasteiger partial charge on any atom is -0.487 e. The first-order valence-electron chi connectivity index (χ1n) is 7.35. The molecule has 0 aliphatic carbocycles. The Morgan fingerprint density at radius 3 is 1.80 bits per heavy atom. The number of rotatable bonds is 6. The van der Waals surface area contributed by atoms with E-state index < -0.39 is 0 Å². The summed E-state index contributed by atoms with van der Waals surface area (Å²) in [5.41, 5.74) is 0.168. The van der Waals surface area contributed by atoms with E-state index in [1.807, 2.05) is 0 Å². The molecule has 2 nitrogen and oxygen atoms in total. The molecule has 0 fully saturated rings. The molecule has 0 amide bonds.